The van der Waals surface area contributed by atoms with Gasteiger partial charge in [0.15, 0.2) is 5.82 Å². The maximum atomic E-state index is 13.2. The molecule has 0 spiro atoms. The molecule has 0 radical (unpaired) electrons. The van der Waals surface area contributed by atoms with Gasteiger partial charge in [-0.25, -0.2) is 9.37 Å². The fourth-order valence-electron chi connectivity index (χ4n) is 5.31. The summed E-state index contributed by atoms with van der Waals surface area (Å²) in [5, 5.41) is 1.05. The van der Waals surface area contributed by atoms with Crippen molar-refractivity contribution in [1.82, 2.24) is 19.0 Å². The van der Waals surface area contributed by atoms with E-state index in [0.717, 1.165) is 44.8 Å². The summed E-state index contributed by atoms with van der Waals surface area (Å²) in [6.07, 6.45) is 0.693. The Bertz CT molecular complexity index is 1440. The van der Waals surface area contributed by atoms with E-state index in [1.54, 1.807) is 19.1 Å². The first-order valence-electron chi connectivity index (χ1n) is 12.1. The van der Waals surface area contributed by atoms with Gasteiger partial charge in [0.1, 0.15) is 12.4 Å². The predicted molar refractivity (Wildman–Crippen MR) is 138 cm³/mol. The Morgan fingerprint density at radius 2 is 2.03 bits per heavy atom. The van der Waals surface area contributed by atoms with Gasteiger partial charge >= 0.3 is 0 Å². The van der Waals surface area contributed by atoms with Gasteiger partial charge in [0, 0.05) is 38.2 Å². The average Bonchev–Trinajstić information content (AvgIpc) is 3.42. The zero-order valence-electron chi connectivity index (χ0n) is 21.1. The molecule has 1 aliphatic heterocycles. The van der Waals surface area contributed by atoms with E-state index in [1.165, 1.54) is 0 Å². The summed E-state index contributed by atoms with van der Waals surface area (Å²) in [5.74, 6) is 1.45. The molecule has 9 heteroatoms. The molecule has 36 heavy (non-hydrogen) atoms. The Balaban J connectivity index is 1.65. The van der Waals surface area contributed by atoms with Crippen molar-refractivity contribution >= 4 is 27.8 Å². The number of alkyl halides is 1. The van der Waals surface area contributed by atoms with Crippen LogP contribution in [0.4, 0.5) is 4.39 Å². The molecule has 2 N–H and O–H groups in total. The zero-order chi connectivity index (χ0) is 25.6. The number of imidazole rings is 1. The number of carbonyl (C=O) groups excluding carboxylic acids is 1. The summed E-state index contributed by atoms with van der Waals surface area (Å²) in [4.78, 5) is 19.8. The van der Waals surface area contributed by atoms with Crippen LogP contribution in [0.2, 0.25) is 0 Å². The molecule has 8 nitrogen and oxygen atoms in total. The molecule has 190 valence electrons. The smallest absolute Gasteiger partial charge is 0.254 e. The van der Waals surface area contributed by atoms with E-state index in [-0.39, 0.29) is 18.5 Å². The first-order valence-corrected chi connectivity index (χ1v) is 12.1. The number of hydrogen-bond acceptors (Lipinski definition) is 5. The van der Waals surface area contributed by atoms with Crippen LogP contribution in [-0.2, 0) is 18.2 Å². The molecule has 0 unspecified atom stereocenters. The summed E-state index contributed by atoms with van der Waals surface area (Å²) in [5.41, 5.74) is 11.0. The molecule has 0 saturated heterocycles. The fourth-order valence-corrected chi connectivity index (χ4v) is 5.31. The third-order valence-electron chi connectivity index (χ3n) is 7.05. The second-order valence-electron chi connectivity index (χ2n) is 9.51. The molecule has 5 rings (SSSR count). The Morgan fingerprint density at radius 1 is 1.22 bits per heavy atom. The third kappa shape index (κ3) is 3.92. The van der Waals surface area contributed by atoms with Gasteiger partial charge in [0.2, 0.25) is 0 Å². The summed E-state index contributed by atoms with van der Waals surface area (Å²) in [6, 6.07) is 11.4. The highest BCUT2D eigenvalue weighted by Crippen LogP contribution is 2.37. The highest BCUT2D eigenvalue weighted by atomic mass is 19.1. The maximum absolute atomic E-state index is 13.2. The molecule has 1 amide bonds. The van der Waals surface area contributed by atoms with Crippen LogP contribution in [0.3, 0.4) is 0 Å². The number of ether oxygens (including phenoxy) is 2. The van der Waals surface area contributed by atoms with Crippen molar-refractivity contribution in [3.05, 3.63) is 47.5 Å². The quantitative estimate of drug-likeness (QED) is 0.404. The molecule has 4 aromatic rings. The minimum Gasteiger partial charge on any atom is -0.495 e. The van der Waals surface area contributed by atoms with Crippen LogP contribution in [0.15, 0.2) is 36.4 Å². The number of para-hydroxylation sites is 1. The standard InChI is InChI=1S/C27H32FN5O3/c1-16(15-35-3)33-23(11-18-6-5-7-24(36-4)25(18)33)26-30-21-12-20-17(10-22(21)31(26)2)8-9-32(27(20)34)14-19(29)13-28/h5-7,10-12,16,19H,8-9,13-15,29H2,1-4H3/t16-,19+/m0/s1. The van der Waals surface area contributed by atoms with Crippen LogP contribution in [0, 0.1) is 0 Å². The number of methoxy groups -OCH3 is 2. The highest BCUT2D eigenvalue weighted by Gasteiger charge is 2.28. The van der Waals surface area contributed by atoms with Gasteiger partial charge in [-0.2, -0.15) is 0 Å². The maximum Gasteiger partial charge on any atom is 0.254 e. The Labute approximate surface area is 209 Å². The van der Waals surface area contributed by atoms with E-state index in [1.807, 2.05) is 25.2 Å². The monoisotopic (exact) mass is 493 g/mol. The number of carbonyl (C=O) groups is 1. The molecular formula is C27H32FN5O3. The number of aryl methyl sites for hydroxylation is 1. The number of rotatable bonds is 8. The normalized spacial score (nSPS) is 15.5. The van der Waals surface area contributed by atoms with Gasteiger partial charge < -0.3 is 29.2 Å². The molecular weight excluding hydrogens is 461 g/mol. The van der Waals surface area contributed by atoms with Crippen molar-refractivity contribution in [1.29, 1.82) is 0 Å². The molecule has 3 heterocycles. The molecule has 0 saturated carbocycles. The lowest BCUT2D eigenvalue weighted by Crippen LogP contribution is -2.45. The molecule has 1 aliphatic rings. The van der Waals surface area contributed by atoms with Crippen LogP contribution in [0.25, 0.3) is 33.5 Å². The van der Waals surface area contributed by atoms with Gasteiger partial charge in [0.05, 0.1) is 48.0 Å². The van der Waals surface area contributed by atoms with E-state index < -0.39 is 12.7 Å². The molecule has 2 aromatic carbocycles. The Kier molecular flexibility index (Phi) is 6.44. The van der Waals surface area contributed by atoms with Crippen molar-refractivity contribution in [2.75, 3.05) is 40.6 Å². The summed E-state index contributed by atoms with van der Waals surface area (Å²) < 4.78 is 28.4. The van der Waals surface area contributed by atoms with Crippen molar-refractivity contribution < 1.29 is 18.7 Å². The van der Waals surface area contributed by atoms with E-state index in [0.29, 0.717) is 25.1 Å². The van der Waals surface area contributed by atoms with Crippen LogP contribution in [0.1, 0.15) is 28.9 Å². The van der Waals surface area contributed by atoms with Crippen LogP contribution >= 0.6 is 0 Å². The minimum absolute atomic E-state index is 0.0293. The Morgan fingerprint density at radius 3 is 2.75 bits per heavy atom. The van der Waals surface area contributed by atoms with Crippen molar-refractivity contribution in [3.63, 3.8) is 0 Å². The summed E-state index contributed by atoms with van der Waals surface area (Å²) >= 11 is 0. The molecule has 0 fully saturated rings. The fraction of sp³-hybridized carbons (Fsp3) is 0.407. The predicted octanol–water partition coefficient (Wildman–Crippen LogP) is 3.71. The van der Waals surface area contributed by atoms with Gasteiger partial charge in [-0.05, 0) is 43.2 Å². The first kappa shape index (κ1) is 24.3. The van der Waals surface area contributed by atoms with Crippen LogP contribution in [0.5, 0.6) is 5.75 Å². The topological polar surface area (TPSA) is 87.5 Å². The van der Waals surface area contributed by atoms with Crippen molar-refractivity contribution in [2.45, 2.75) is 25.4 Å². The minimum atomic E-state index is -0.673. The lowest BCUT2D eigenvalue weighted by Gasteiger charge is -2.30. The number of hydrogen-bond donors (Lipinski definition) is 1. The third-order valence-corrected chi connectivity index (χ3v) is 7.05. The van der Waals surface area contributed by atoms with Gasteiger partial charge in [-0.1, -0.05) is 12.1 Å². The number of fused-ring (bicyclic) bond motifs is 3. The van der Waals surface area contributed by atoms with Crippen LogP contribution < -0.4 is 10.5 Å². The SMILES string of the molecule is COC[C@H](C)n1c(-c2nc3cc4c(cc3n2C)CCN(C[C@H](N)CF)C4=O)cc2cccc(OC)c21. The number of halogens is 1. The molecule has 2 aromatic heterocycles. The first-order chi connectivity index (χ1) is 17.4. The van der Waals surface area contributed by atoms with Crippen molar-refractivity contribution in [2.24, 2.45) is 12.8 Å². The molecule has 2 atom stereocenters. The Hall–Kier alpha value is -3.43. The van der Waals surface area contributed by atoms with E-state index in [2.05, 4.69) is 34.3 Å². The summed E-state index contributed by atoms with van der Waals surface area (Å²) in [6.45, 7) is 2.71. The van der Waals surface area contributed by atoms with E-state index in [9.17, 15) is 9.18 Å². The number of amides is 1. The average molecular weight is 494 g/mol. The van der Waals surface area contributed by atoms with E-state index in [4.69, 9.17) is 20.2 Å². The number of nitrogens with zero attached hydrogens (tertiary/aromatic N) is 4. The highest BCUT2D eigenvalue weighted by molar-refractivity contribution is 6.01. The van der Waals surface area contributed by atoms with Crippen LogP contribution in [-0.4, -0.2) is 71.6 Å². The van der Waals surface area contributed by atoms with Gasteiger partial charge in [-0.15, -0.1) is 0 Å². The molecule has 0 bridgehead atoms. The van der Waals surface area contributed by atoms with Crippen molar-refractivity contribution in [3.8, 4) is 17.3 Å². The second kappa shape index (κ2) is 9.55. The largest absolute Gasteiger partial charge is 0.495 e. The van der Waals surface area contributed by atoms with E-state index >= 15 is 0 Å². The molecule has 0 aliphatic carbocycles. The number of nitrogens with two attached hydrogens (primary N) is 1. The van der Waals surface area contributed by atoms with Gasteiger partial charge in [-0.3, -0.25) is 4.79 Å². The number of benzene rings is 2. The summed E-state index contributed by atoms with van der Waals surface area (Å²) in [7, 11) is 5.36. The van der Waals surface area contributed by atoms with Gasteiger partial charge in [0.25, 0.3) is 5.91 Å². The zero-order valence-corrected chi connectivity index (χ0v) is 21.1. The second-order valence-corrected chi connectivity index (χ2v) is 9.51. The lowest BCUT2D eigenvalue weighted by atomic mass is 9.97. The lowest BCUT2D eigenvalue weighted by molar-refractivity contribution is 0.0725. The number of aromatic nitrogens is 3.